The Morgan fingerprint density at radius 2 is 1.84 bits per heavy atom. The van der Waals surface area contributed by atoms with Crippen molar-refractivity contribution in [3.8, 4) is 0 Å². The lowest BCUT2D eigenvalue weighted by Crippen LogP contribution is -2.55. The summed E-state index contributed by atoms with van der Waals surface area (Å²) in [5.41, 5.74) is -1.39. The molecule has 0 heterocycles. The van der Waals surface area contributed by atoms with Crippen LogP contribution in [0.15, 0.2) is 48.5 Å². The molecule has 2 aromatic carbocycles. The number of para-hydroxylation sites is 1. The summed E-state index contributed by atoms with van der Waals surface area (Å²) in [6, 6.07) is 12.2. The van der Waals surface area contributed by atoms with Gasteiger partial charge in [-0.25, -0.2) is 4.79 Å². The molecule has 0 saturated heterocycles. The Kier molecular flexibility index (Phi) is 6.70. The second-order valence-electron chi connectivity index (χ2n) is 7.27. The van der Waals surface area contributed by atoms with Crippen LogP contribution in [0.4, 0.5) is 5.69 Å². The molecule has 0 radical (unpaired) electrons. The van der Waals surface area contributed by atoms with E-state index in [4.69, 9.17) is 16.3 Å². The molecule has 9 heteroatoms. The second kappa shape index (κ2) is 9.26. The summed E-state index contributed by atoms with van der Waals surface area (Å²) in [5, 5.41) is 11.5. The van der Waals surface area contributed by atoms with E-state index in [1.807, 2.05) is 0 Å². The summed E-state index contributed by atoms with van der Waals surface area (Å²) < 4.78 is 5.06. The molecule has 2 aromatic rings. The van der Waals surface area contributed by atoms with Gasteiger partial charge in [0.2, 0.25) is 0 Å². The van der Waals surface area contributed by atoms with Crippen LogP contribution in [0.5, 0.6) is 0 Å². The van der Waals surface area contributed by atoms with Gasteiger partial charge in [0.05, 0.1) is 4.92 Å². The van der Waals surface area contributed by atoms with Gasteiger partial charge < -0.3 is 9.64 Å². The van der Waals surface area contributed by atoms with Gasteiger partial charge in [-0.2, -0.15) is 0 Å². The summed E-state index contributed by atoms with van der Waals surface area (Å²) in [6.07, 6.45) is 2.15. The predicted molar refractivity (Wildman–Crippen MR) is 113 cm³/mol. The molecule has 0 spiro atoms. The van der Waals surface area contributed by atoms with E-state index in [9.17, 15) is 24.5 Å². The highest BCUT2D eigenvalue weighted by atomic mass is 35.5. The topological polar surface area (TPSA) is 107 Å². The summed E-state index contributed by atoms with van der Waals surface area (Å²) in [5.74, 6) is -1.73. The molecular weight excluding hydrogens is 424 g/mol. The summed E-state index contributed by atoms with van der Waals surface area (Å²) in [4.78, 5) is 50.1. The zero-order valence-corrected chi connectivity index (χ0v) is 17.6. The molecule has 1 saturated carbocycles. The summed E-state index contributed by atoms with van der Waals surface area (Å²) in [7, 11) is 1.48. The molecule has 1 atom stereocenters. The van der Waals surface area contributed by atoms with Gasteiger partial charge in [0.25, 0.3) is 11.6 Å². The molecule has 1 amide bonds. The molecule has 1 aliphatic rings. The fourth-order valence-corrected chi connectivity index (χ4v) is 4.24. The van der Waals surface area contributed by atoms with Crippen molar-refractivity contribution in [3.63, 3.8) is 0 Å². The maximum Gasteiger partial charge on any atom is 0.345 e. The summed E-state index contributed by atoms with van der Waals surface area (Å²) >= 11 is 6.38. The number of nitro benzene ring substituents is 1. The minimum absolute atomic E-state index is 0.132. The molecule has 8 nitrogen and oxygen atoms in total. The minimum atomic E-state index is -1.25. The van der Waals surface area contributed by atoms with E-state index >= 15 is 0 Å². The highest BCUT2D eigenvalue weighted by Gasteiger charge is 2.48. The molecule has 0 bridgehead atoms. The number of halogens is 1. The van der Waals surface area contributed by atoms with Gasteiger partial charge in [0.15, 0.2) is 12.4 Å². The number of ether oxygens (including phenoxy) is 1. The van der Waals surface area contributed by atoms with Gasteiger partial charge in [-0.15, -0.1) is 0 Å². The van der Waals surface area contributed by atoms with E-state index in [0.29, 0.717) is 23.4 Å². The maximum absolute atomic E-state index is 13.1. The van der Waals surface area contributed by atoms with Gasteiger partial charge in [-0.05, 0) is 31.4 Å². The number of hydrogen-bond donors (Lipinski definition) is 0. The Hall–Kier alpha value is -3.26. The zero-order chi connectivity index (χ0) is 22.6. The van der Waals surface area contributed by atoms with E-state index in [1.165, 1.54) is 36.2 Å². The first-order chi connectivity index (χ1) is 14.8. The molecule has 0 unspecified atom stereocenters. The van der Waals surface area contributed by atoms with Crippen LogP contribution in [0.25, 0.3) is 0 Å². The molecule has 0 N–H and O–H groups in total. The van der Waals surface area contributed by atoms with Gasteiger partial charge in [0.1, 0.15) is 11.1 Å². The Morgan fingerprint density at radius 3 is 2.52 bits per heavy atom. The fourth-order valence-electron chi connectivity index (χ4n) is 3.95. The SMILES string of the molecule is CN(C(=O)COC(=O)c1ccccc1[N+](=O)[O-])[C@@]1(c2ccccc2Cl)CCCCC1=O. The van der Waals surface area contributed by atoms with E-state index in [1.54, 1.807) is 24.3 Å². The quantitative estimate of drug-likeness (QED) is 0.380. The summed E-state index contributed by atoms with van der Waals surface area (Å²) in [6.45, 7) is -0.666. The average molecular weight is 445 g/mol. The number of ketones is 1. The van der Waals surface area contributed by atoms with E-state index in [2.05, 4.69) is 0 Å². The van der Waals surface area contributed by atoms with Crippen LogP contribution in [-0.2, 0) is 19.9 Å². The van der Waals surface area contributed by atoms with Crippen molar-refractivity contribution in [2.75, 3.05) is 13.7 Å². The van der Waals surface area contributed by atoms with Crippen molar-refractivity contribution in [1.82, 2.24) is 4.90 Å². The van der Waals surface area contributed by atoms with Crippen LogP contribution in [0, 0.1) is 10.1 Å². The number of rotatable bonds is 6. The van der Waals surface area contributed by atoms with E-state index in [0.717, 1.165) is 12.8 Å². The standard InChI is InChI=1S/C22H21ClN2O6/c1-24(20(27)14-31-21(28)15-8-2-5-11-18(15)25(29)30)22(13-7-6-12-19(22)26)16-9-3-4-10-17(16)23/h2-5,8-11H,6-7,12-14H2,1H3/t22-/m1/s1. The lowest BCUT2D eigenvalue weighted by Gasteiger charge is -2.43. The third-order valence-electron chi connectivity index (χ3n) is 5.57. The number of benzene rings is 2. The number of nitrogens with zero attached hydrogens (tertiary/aromatic N) is 2. The number of likely N-dealkylation sites (N-methyl/N-ethyl adjacent to an activating group) is 1. The smallest absolute Gasteiger partial charge is 0.345 e. The number of esters is 1. The molecule has 0 aromatic heterocycles. The van der Waals surface area contributed by atoms with Crippen LogP contribution in [0.3, 0.4) is 0 Å². The van der Waals surface area contributed by atoms with Crippen LogP contribution in [-0.4, -0.2) is 41.1 Å². The lowest BCUT2D eigenvalue weighted by atomic mass is 9.74. The Morgan fingerprint density at radius 1 is 1.16 bits per heavy atom. The van der Waals surface area contributed by atoms with Gasteiger partial charge in [-0.3, -0.25) is 19.7 Å². The second-order valence-corrected chi connectivity index (χ2v) is 7.68. The highest BCUT2D eigenvalue weighted by molar-refractivity contribution is 6.31. The Balaban J connectivity index is 1.83. The minimum Gasteiger partial charge on any atom is -0.452 e. The molecule has 31 heavy (non-hydrogen) atoms. The Labute approximate surface area is 183 Å². The molecular formula is C22H21ClN2O6. The molecule has 3 rings (SSSR count). The van der Waals surface area contributed by atoms with Crippen molar-refractivity contribution in [1.29, 1.82) is 0 Å². The largest absolute Gasteiger partial charge is 0.452 e. The lowest BCUT2D eigenvalue weighted by molar-refractivity contribution is -0.385. The monoisotopic (exact) mass is 444 g/mol. The van der Waals surface area contributed by atoms with Crippen LogP contribution < -0.4 is 0 Å². The first-order valence-corrected chi connectivity index (χ1v) is 10.1. The van der Waals surface area contributed by atoms with Crippen LogP contribution >= 0.6 is 11.6 Å². The van der Waals surface area contributed by atoms with Gasteiger partial charge in [-0.1, -0.05) is 41.9 Å². The van der Waals surface area contributed by atoms with Crippen molar-refractivity contribution in [2.45, 2.75) is 31.2 Å². The molecule has 0 aliphatic heterocycles. The van der Waals surface area contributed by atoms with Crippen LogP contribution in [0.2, 0.25) is 5.02 Å². The Bertz CT molecular complexity index is 1040. The van der Waals surface area contributed by atoms with Gasteiger partial charge >= 0.3 is 5.97 Å². The maximum atomic E-state index is 13.1. The predicted octanol–water partition coefficient (Wildman–Crippen LogP) is 3.90. The molecule has 1 fully saturated rings. The first kappa shape index (κ1) is 22.4. The van der Waals surface area contributed by atoms with Crippen molar-refractivity contribution >= 4 is 34.9 Å². The van der Waals surface area contributed by atoms with E-state index < -0.39 is 34.6 Å². The molecule has 162 valence electrons. The normalized spacial score (nSPS) is 18.3. The third-order valence-corrected chi connectivity index (χ3v) is 5.90. The number of Topliss-reactive ketones (excluding diaryl/α,β-unsaturated/α-hetero) is 1. The first-order valence-electron chi connectivity index (χ1n) is 9.74. The molecule has 1 aliphatic carbocycles. The van der Waals surface area contributed by atoms with Crippen molar-refractivity contribution in [2.24, 2.45) is 0 Å². The van der Waals surface area contributed by atoms with Crippen molar-refractivity contribution < 1.29 is 24.0 Å². The number of nitro groups is 1. The zero-order valence-electron chi connectivity index (χ0n) is 16.9. The fraction of sp³-hybridized carbons (Fsp3) is 0.318. The number of carbonyl (C=O) groups is 3. The number of carbonyl (C=O) groups excluding carboxylic acids is 3. The van der Waals surface area contributed by atoms with Crippen molar-refractivity contribution in [3.05, 3.63) is 74.8 Å². The van der Waals surface area contributed by atoms with Crippen LogP contribution in [0.1, 0.15) is 41.6 Å². The number of amides is 1. The van der Waals surface area contributed by atoms with Gasteiger partial charge in [0, 0.05) is 30.1 Å². The van der Waals surface area contributed by atoms with E-state index in [-0.39, 0.29) is 11.3 Å². The third kappa shape index (κ3) is 4.29. The number of hydrogen-bond acceptors (Lipinski definition) is 6. The highest BCUT2D eigenvalue weighted by Crippen LogP contribution is 2.42. The average Bonchev–Trinajstić information content (AvgIpc) is 2.77.